The molecule has 0 aromatic heterocycles. The Bertz CT molecular complexity index is 454. The number of benzene rings is 1. The molecule has 4 nitrogen and oxygen atoms in total. The maximum Gasteiger partial charge on any atom is 0.227 e. The van der Waals surface area contributed by atoms with Crippen LogP contribution in [0.15, 0.2) is 18.2 Å². The highest BCUT2D eigenvalue weighted by atomic mass is 16.5. The standard InChI is InChI=1S/C12H13NO3/c1-7-5-11(14)9-6-8(16-2)3-4-10(9)13-12(7)15/h3-4,6-7H,5H2,1-2H3,(H,13,15). The van der Waals surface area contributed by atoms with Crippen LogP contribution in [0.1, 0.15) is 23.7 Å². The molecule has 0 fully saturated rings. The lowest BCUT2D eigenvalue weighted by Crippen LogP contribution is -2.18. The average Bonchev–Trinajstić information content (AvgIpc) is 2.38. The highest BCUT2D eigenvalue weighted by Gasteiger charge is 2.25. The summed E-state index contributed by atoms with van der Waals surface area (Å²) < 4.78 is 5.06. The third-order valence-corrected chi connectivity index (χ3v) is 2.72. The Kier molecular flexibility index (Phi) is 2.64. The SMILES string of the molecule is COc1ccc2c(c1)C(=O)CC(C)C(=O)N2. The van der Waals surface area contributed by atoms with Gasteiger partial charge in [0.15, 0.2) is 5.78 Å². The van der Waals surface area contributed by atoms with Gasteiger partial charge < -0.3 is 10.1 Å². The lowest BCUT2D eigenvalue weighted by atomic mass is 10.0. The zero-order chi connectivity index (χ0) is 11.7. The molecule has 1 aromatic carbocycles. The van der Waals surface area contributed by atoms with Gasteiger partial charge >= 0.3 is 0 Å². The second-order valence-electron chi connectivity index (χ2n) is 3.93. The quantitative estimate of drug-likeness (QED) is 0.784. The number of carbonyl (C=O) groups is 2. The van der Waals surface area contributed by atoms with Gasteiger partial charge in [-0.1, -0.05) is 6.92 Å². The summed E-state index contributed by atoms with van der Waals surface area (Å²) in [5, 5.41) is 2.74. The number of rotatable bonds is 1. The molecular weight excluding hydrogens is 206 g/mol. The number of hydrogen-bond acceptors (Lipinski definition) is 3. The lowest BCUT2D eigenvalue weighted by Gasteiger charge is -2.07. The summed E-state index contributed by atoms with van der Waals surface area (Å²) in [6.45, 7) is 1.75. The second-order valence-corrected chi connectivity index (χ2v) is 3.93. The fourth-order valence-electron chi connectivity index (χ4n) is 1.73. The molecule has 4 heteroatoms. The molecule has 16 heavy (non-hydrogen) atoms. The predicted octanol–water partition coefficient (Wildman–Crippen LogP) is 1.86. The minimum absolute atomic E-state index is 0.0280. The number of fused-ring (bicyclic) bond motifs is 1. The van der Waals surface area contributed by atoms with Crippen LogP contribution in [-0.2, 0) is 4.79 Å². The van der Waals surface area contributed by atoms with Crippen molar-refractivity contribution < 1.29 is 14.3 Å². The Morgan fingerprint density at radius 3 is 2.81 bits per heavy atom. The summed E-state index contributed by atoms with van der Waals surface area (Å²) in [6, 6.07) is 5.08. The number of carbonyl (C=O) groups excluding carboxylic acids is 2. The topological polar surface area (TPSA) is 55.4 Å². The van der Waals surface area contributed by atoms with E-state index in [9.17, 15) is 9.59 Å². The van der Waals surface area contributed by atoms with Crippen molar-refractivity contribution in [1.29, 1.82) is 0 Å². The average molecular weight is 219 g/mol. The van der Waals surface area contributed by atoms with Crippen molar-refractivity contribution in [2.45, 2.75) is 13.3 Å². The van der Waals surface area contributed by atoms with Gasteiger partial charge in [0, 0.05) is 17.9 Å². The Labute approximate surface area is 93.6 Å². The van der Waals surface area contributed by atoms with Crippen molar-refractivity contribution in [2.24, 2.45) is 5.92 Å². The first kappa shape index (κ1) is 10.7. The third kappa shape index (κ3) is 1.78. The number of anilines is 1. The largest absolute Gasteiger partial charge is 0.497 e. The molecule has 0 spiro atoms. The molecule has 2 rings (SSSR count). The van der Waals surface area contributed by atoms with E-state index in [2.05, 4.69) is 5.32 Å². The van der Waals surface area contributed by atoms with Crippen molar-refractivity contribution in [3.05, 3.63) is 23.8 Å². The van der Waals surface area contributed by atoms with Gasteiger partial charge in [0.25, 0.3) is 0 Å². The summed E-state index contributed by atoms with van der Waals surface area (Å²) >= 11 is 0. The molecule has 0 saturated carbocycles. The molecule has 1 aliphatic rings. The maximum absolute atomic E-state index is 11.9. The Morgan fingerprint density at radius 2 is 2.12 bits per heavy atom. The van der Waals surface area contributed by atoms with E-state index < -0.39 is 0 Å². The molecule has 0 radical (unpaired) electrons. The number of Topliss-reactive ketones (excluding diaryl/α,β-unsaturated/α-hetero) is 1. The number of ether oxygens (including phenoxy) is 1. The normalized spacial score (nSPS) is 19.8. The van der Waals surface area contributed by atoms with Crippen LogP contribution in [0.5, 0.6) is 5.75 Å². The van der Waals surface area contributed by atoms with Gasteiger partial charge in [-0.05, 0) is 18.2 Å². The first-order valence-electron chi connectivity index (χ1n) is 5.14. The van der Waals surface area contributed by atoms with Gasteiger partial charge in [0.05, 0.1) is 12.8 Å². The van der Waals surface area contributed by atoms with Crippen molar-refractivity contribution in [1.82, 2.24) is 0 Å². The van der Waals surface area contributed by atoms with Gasteiger partial charge in [0.1, 0.15) is 5.75 Å². The molecule has 0 aliphatic carbocycles. The molecule has 1 heterocycles. The first-order valence-corrected chi connectivity index (χ1v) is 5.14. The van der Waals surface area contributed by atoms with Crippen LogP contribution in [0.25, 0.3) is 0 Å². The van der Waals surface area contributed by atoms with Crippen LogP contribution in [0.4, 0.5) is 5.69 Å². The molecular formula is C12H13NO3. The fraction of sp³-hybridized carbons (Fsp3) is 0.333. The molecule has 1 atom stereocenters. The van der Waals surface area contributed by atoms with Crippen LogP contribution in [-0.4, -0.2) is 18.8 Å². The van der Waals surface area contributed by atoms with E-state index in [4.69, 9.17) is 4.74 Å². The van der Waals surface area contributed by atoms with Gasteiger partial charge in [-0.3, -0.25) is 9.59 Å². The zero-order valence-electron chi connectivity index (χ0n) is 9.24. The van der Waals surface area contributed by atoms with Crippen LogP contribution in [0.2, 0.25) is 0 Å². The van der Waals surface area contributed by atoms with Gasteiger partial charge in [0.2, 0.25) is 5.91 Å². The number of methoxy groups -OCH3 is 1. The number of amides is 1. The Morgan fingerprint density at radius 1 is 1.38 bits per heavy atom. The number of ketones is 1. The maximum atomic E-state index is 11.9. The molecule has 1 amide bonds. The highest BCUT2D eigenvalue weighted by molar-refractivity contribution is 6.10. The summed E-state index contributed by atoms with van der Waals surface area (Å²) in [6.07, 6.45) is 0.242. The van der Waals surface area contributed by atoms with E-state index in [1.165, 1.54) is 0 Å². The van der Waals surface area contributed by atoms with E-state index in [0.29, 0.717) is 17.0 Å². The Hall–Kier alpha value is -1.84. The minimum atomic E-state index is -0.286. The summed E-state index contributed by atoms with van der Waals surface area (Å²) in [5.74, 6) is 0.193. The molecule has 1 unspecified atom stereocenters. The lowest BCUT2D eigenvalue weighted by molar-refractivity contribution is -0.119. The molecule has 84 valence electrons. The van der Waals surface area contributed by atoms with E-state index in [-0.39, 0.29) is 24.0 Å². The molecule has 0 bridgehead atoms. The van der Waals surface area contributed by atoms with Crippen molar-refractivity contribution >= 4 is 17.4 Å². The van der Waals surface area contributed by atoms with E-state index in [1.807, 2.05) is 0 Å². The minimum Gasteiger partial charge on any atom is -0.497 e. The highest BCUT2D eigenvalue weighted by Crippen LogP contribution is 2.27. The van der Waals surface area contributed by atoms with Crippen molar-refractivity contribution in [3.8, 4) is 5.75 Å². The molecule has 1 aromatic rings. The van der Waals surface area contributed by atoms with Crippen molar-refractivity contribution in [2.75, 3.05) is 12.4 Å². The monoisotopic (exact) mass is 219 g/mol. The van der Waals surface area contributed by atoms with Crippen LogP contribution < -0.4 is 10.1 Å². The van der Waals surface area contributed by atoms with Crippen LogP contribution in [0, 0.1) is 5.92 Å². The number of hydrogen-bond donors (Lipinski definition) is 1. The number of nitrogens with one attached hydrogen (secondary N) is 1. The Balaban J connectivity index is 2.47. The van der Waals surface area contributed by atoms with Crippen LogP contribution in [0.3, 0.4) is 0 Å². The first-order chi connectivity index (χ1) is 7.61. The fourth-order valence-corrected chi connectivity index (χ4v) is 1.73. The predicted molar refractivity (Wildman–Crippen MR) is 59.7 cm³/mol. The van der Waals surface area contributed by atoms with Gasteiger partial charge in [-0.2, -0.15) is 0 Å². The van der Waals surface area contributed by atoms with E-state index >= 15 is 0 Å². The molecule has 0 saturated heterocycles. The van der Waals surface area contributed by atoms with Gasteiger partial charge in [-0.25, -0.2) is 0 Å². The smallest absolute Gasteiger partial charge is 0.227 e. The summed E-state index contributed by atoms with van der Waals surface area (Å²) in [7, 11) is 1.55. The zero-order valence-corrected chi connectivity index (χ0v) is 9.24. The van der Waals surface area contributed by atoms with E-state index in [0.717, 1.165) is 0 Å². The molecule has 1 aliphatic heterocycles. The van der Waals surface area contributed by atoms with Crippen molar-refractivity contribution in [3.63, 3.8) is 0 Å². The van der Waals surface area contributed by atoms with E-state index in [1.54, 1.807) is 32.2 Å². The third-order valence-electron chi connectivity index (χ3n) is 2.72. The molecule has 1 N–H and O–H groups in total. The second kappa shape index (κ2) is 3.96. The summed E-state index contributed by atoms with van der Waals surface area (Å²) in [4.78, 5) is 23.5. The van der Waals surface area contributed by atoms with Crippen LogP contribution >= 0.6 is 0 Å². The van der Waals surface area contributed by atoms with Gasteiger partial charge in [-0.15, -0.1) is 0 Å². The summed E-state index contributed by atoms with van der Waals surface area (Å²) in [5.41, 5.74) is 1.09.